The number of carbonyl (C=O) groups is 1. The highest BCUT2D eigenvalue weighted by molar-refractivity contribution is 5.76. The van der Waals surface area contributed by atoms with Gasteiger partial charge in [-0.05, 0) is 49.7 Å². The van der Waals surface area contributed by atoms with Gasteiger partial charge in [-0.3, -0.25) is 9.69 Å². The third-order valence-electron chi connectivity index (χ3n) is 8.63. The van der Waals surface area contributed by atoms with Crippen LogP contribution in [0, 0.1) is 23.2 Å². The monoisotopic (exact) mass is 438 g/mol. The second kappa shape index (κ2) is 8.40. The highest BCUT2D eigenvalue weighted by atomic mass is 16.6. The van der Waals surface area contributed by atoms with Crippen LogP contribution in [0.4, 0.5) is 5.69 Å². The van der Waals surface area contributed by atoms with Crippen LogP contribution in [0.5, 0.6) is 5.75 Å². The predicted molar refractivity (Wildman–Crippen MR) is 127 cm³/mol. The van der Waals surface area contributed by atoms with Crippen LogP contribution in [0.3, 0.4) is 0 Å². The summed E-state index contributed by atoms with van der Waals surface area (Å²) in [6.07, 6.45) is 7.36. The molecule has 0 radical (unpaired) electrons. The van der Waals surface area contributed by atoms with Crippen LogP contribution in [-0.2, 0) is 9.53 Å². The predicted octanol–water partition coefficient (Wildman–Crippen LogP) is 4.52. The second-order valence-electron chi connectivity index (χ2n) is 10.8. The molecule has 0 aromatic heterocycles. The van der Waals surface area contributed by atoms with Gasteiger partial charge in [0.05, 0.1) is 13.0 Å². The number of fused-ring (bicyclic) bond motifs is 2. The van der Waals surface area contributed by atoms with E-state index in [4.69, 9.17) is 9.47 Å². The van der Waals surface area contributed by atoms with Gasteiger partial charge in [0.15, 0.2) is 0 Å². The number of esters is 1. The Hall–Kier alpha value is -2.01. The molecule has 1 aromatic carbocycles. The first kappa shape index (κ1) is 21.8. The number of ether oxygens (including phenoxy) is 2. The first-order valence-corrected chi connectivity index (χ1v) is 12.4. The molecule has 0 bridgehead atoms. The van der Waals surface area contributed by atoms with Gasteiger partial charge in [0, 0.05) is 49.9 Å². The van der Waals surface area contributed by atoms with Crippen LogP contribution in [0.1, 0.15) is 46.5 Å². The van der Waals surface area contributed by atoms with Crippen molar-refractivity contribution in [1.82, 2.24) is 4.90 Å². The fraction of sp³-hybridized carbons (Fsp3) is 0.667. The lowest BCUT2D eigenvalue weighted by Crippen LogP contribution is -2.53. The summed E-state index contributed by atoms with van der Waals surface area (Å²) in [5.74, 6) is 1.78. The minimum absolute atomic E-state index is 0.0228. The zero-order valence-electron chi connectivity index (χ0n) is 20.0. The lowest BCUT2D eigenvalue weighted by Gasteiger charge is -2.46. The van der Waals surface area contributed by atoms with Gasteiger partial charge in [-0.1, -0.05) is 38.0 Å². The van der Waals surface area contributed by atoms with Crippen molar-refractivity contribution in [3.63, 3.8) is 0 Å². The van der Waals surface area contributed by atoms with Crippen molar-refractivity contribution in [2.24, 2.45) is 23.2 Å². The summed E-state index contributed by atoms with van der Waals surface area (Å²) in [7, 11) is 1.71. The normalized spacial score (nSPS) is 37.4. The minimum Gasteiger partial charge on any atom is -0.497 e. The highest BCUT2D eigenvalue weighted by Gasteiger charge is 2.52. The molecule has 2 aliphatic carbocycles. The summed E-state index contributed by atoms with van der Waals surface area (Å²) in [5, 5.41) is 0. The molecule has 4 aliphatic rings. The molecule has 3 fully saturated rings. The van der Waals surface area contributed by atoms with E-state index in [1.54, 1.807) is 12.7 Å². The Kier molecular flexibility index (Phi) is 5.73. The van der Waals surface area contributed by atoms with Crippen LogP contribution in [0.25, 0.3) is 0 Å². The van der Waals surface area contributed by atoms with Crippen LogP contribution in [-0.4, -0.2) is 56.3 Å². The smallest absolute Gasteiger partial charge is 0.311 e. The van der Waals surface area contributed by atoms with Crippen molar-refractivity contribution in [3.8, 4) is 5.75 Å². The largest absolute Gasteiger partial charge is 0.497 e. The Labute approximate surface area is 192 Å². The first-order valence-electron chi connectivity index (χ1n) is 12.4. The molecule has 0 amide bonds. The SMILES string of the molecule is COc1cccc(N2CCN(C[C@H]3C(=O)O[C@@H]4C[C@@]5(C)CCC[C@H](C)C5=C[C@@H]43)C[C@H]2C)c1. The standard InChI is InChI=1S/C27H38N2O3/c1-18-7-6-10-27(3)15-25-22(14-24(18)27)23(26(30)32-25)17-28-11-12-29(19(2)16-28)20-8-5-9-21(13-20)31-4/h5,8-9,13-14,18-19,22-23,25H,6-7,10-12,15-17H2,1-4H3/t18-,19+,22+,23+,25+,27+/m0/s1. The summed E-state index contributed by atoms with van der Waals surface area (Å²) in [6.45, 7) is 10.7. The Balaban J connectivity index is 1.28. The average molecular weight is 439 g/mol. The van der Waals surface area contributed by atoms with Gasteiger partial charge < -0.3 is 14.4 Å². The van der Waals surface area contributed by atoms with Gasteiger partial charge in [0.1, 0.15) is 11.9 Å². The summed E-state index contributed by atoms with van der Waals surface area (Å²) in [5.41, 5.74) is 3.04. The Morgan fingerprint density at radius 1 is 1.25 bits per heavy atom. The molecule has 2 saturated heterocycles. The topological polar surface area (TPSA) is 42.0 Å². The molecule has 6 atom stereocenters. The van der Waals surface area contributed by atoms with Crippen molar-refractivity contribution in [2.45, 2.75) is 58.6 Å². The fourth-order valence-corrected chi connectivity index (χ4v) is 6.91. The first-order chi connectivity index (χ1) is 15.4. The molecule has 0 spiro atoms. The van der Waals surface area contributed by atoms with Crippen molar-refractivity contribution in [2.75, 3.05) is 38.2 Å². The lowest BCUT2D eigenvalue weighted by molar-refractivity contribution is -0.145. The number of anilines is 1. The van der Waals surface area contributed by atoms with Crippen LogP contribution in [0.15, 0.2) is 35.9 Å². The van der Waals surface area contributed by atoms with Gasteiger partial charge in [-0.2, -0.15) is 0 Å². The molecular formula is C27H38N2O3. The number of methoxy groups -OCH3 is 1. The molecule has 0 unspecified atom stereocenters. The Bertz CT molecular complexity index is 899. The summed E-state index contributed by atoms with van der Waals surface area (Å²) in [6, 6.07) is 8.70. The Morgan fingerprint density at radius 3 is 2.88 bits per heavy atom. The third kappa shape index (κ3) is 3.83. The molecule has 2 aliphatic heterocycles. The zero-order valence-corrected chi connectivity index (χ0v) is 20.0. The molecule has 2 heterocycles. The quantitative estimate of drug-likeness (QED) is 0.511. The fourth-order valence-electron chi connectivity index (χ4n) is 6.91. The third-order valence-corrected chi connectivity index (χ3v) is 8.63. The van der Waals surface area contributed by atoms with Gasteiger partial charge in [0.25, 0.3) is 0 Å². The summed E-state index contributed by atoms with van der Waals surface area (Å²) in [4.78, 5) is 17.9. The van der Waals surface area contributed by atoms with Gasteiger partial charge in [-0.25, -0.2) is 0 Å². The van der Waals surface area contributed by atoms with Crippen molar-refractivity contribution in [1.29, 1.82) is 0 Å². The Morgan fingerprint density at radius 2 is 2.09 bits per heavy atom. The van der Waals surface area contributed by atoms with Gasteiger partial charge in [-0.15, -0.1) is 0 Å². The van der Waals surface area contributed by atoms with E-state index in [9.17, 15) is 4.79 Å². The van der Waals surface area contributed by atoms with Crippen molar-refractivity contribution < 1.29 is 14.3 Å². The number of hydrogen-bond acceptors (Lipinski definition) is 5. The molecule has 32 heavy (non-hydrogen) atoms. The number of benzene rings is 1. The maximum absolute atomic E-state index is 12.9. The van der Waals surface area contributed by atoms with E-state index >= 15 is 0 Å². The van der Waals surface area contributed by atoms with E-state index in [1.807, 2.05) is 6.07 Å². The molecule has 0 N–H and O–H groups in total. The van der Waals surface area contributed by atoms with Gasteiger partial charge >= 0.3 is 5.97 Å². The molecular weight excluding hydrogens is 400 g/mol. The number of allylic oxidation sites excluding steroid dienone is 1. The summed E-state index contributed by atoms with van der Waals surface area (Å²) >= 11 is 0. The number of nitrogens with zero attached hydrogens (tertiary/aromatic N) is 2. The van der Waals surface area contributed by atoms with E-state index in [0.29, 0.717) is 12.0 Å². The van der Waals surface area contributed by atoms with Gasteiger partial charge in [0.2, 0.25) is 0 Å². The number of piperazine rings is 1. The average Bonchev–Trinajstić information content (AvgIpc) is 3.06. The molecule has 1 saturated carbocycles. The molecule has 5 heteroatoms. The molecule has 5 rings (SSSR count). The zero-order chi connectivity index (χ0) is 22.5. The van der Waals surface area contributed by atoms with Crippen molar-refractivity contribution in [3.05, 3.63) is 35.9 Å². The van der Waals surface area contributed by atoms with Crippen LogP contribution >= 0.6 is 0 Å². The van der Waals surface area contributed by atoms with E-state index in [-0.39, 0.29) is 29.3 Å². The second-order valence-corrected chi connectivity index (χ2v) is 10.8. The number of rotatable bonds is 4. The maximum atomic E-state index is 12.9. The summed E-state index contributed by atoms with van der Waals surface area (Å²) < 4.78 is 11.4. The van der Waals surface area contributed by atoms with E-state index in [1.165, 1.54) is 24.9 Å². The van der Waals surface area contributed by atoms with Crippen molar-refractivity contribution >= 4 is 11.7 Å². The number of carbonyl (C=O) groups excluding carboxylic acids is 1. The molecule has 1 aromatic rings. The lowest BCUT2D eigenvalue weighted by atomic mass is 9.59. The highest BCUT2D eigenvalue weighted by Crippen LogP contribution is 2.54. The maximum Gasteiger partial charge on any atom is 0.311 e. The van der Waals surface area contributed by atoms with Crippen LogP contribution in [0.2, 0.25) is 0 Å². The van der Waals surface area contributed by atoms with E-state index in [0.717, 1.165) is 38.3 Å². The molecule has 174 valence electrons. The molecule has 5 nitrogen and oxygen atoms in total. The van der Waals surface area contributed by atoms with Crippen LogP contribution < -0.4 is 9.64 Å². The minimum atomic E-state index is -0.0262. The van der Waals surface area contributed by atoms with E-state index in [2.05, 4.69) is 54.8 Å². The number of hydrogen-bond donors (Lipinski definition) is 0. The van der Waals surface area contributed by atoms with E-state index < -0.39 is 0 Å².